The number of hydrogen-bond acceptors (Lipinski definition) is 6. The SMILES string of the molecule is CCCCCCCC/C=C\CCCCCCCCCCCC(=O)OCC(COC(=O)CCCCCCCCC/C=C\CCCCCCCCC)OC(=O)CCCCCCCCCCCCCCCCCCCCC. The summed E-state index contributed by atoms with van der Waals surface area (Å²) in [7, 11) is 0. The van der Waals surface area contributed by atoms with E-state index in [9.17, 15) is 14.4 Å². The fraction of sp³-hybridized carbons (Fsp3) is 0.897. The molecule has 74 heavy (non-hydrogen) atoms. The predicted octanol–water partition coefficient (Wildman–Crippen LogP) is 22.6. The van der Waals surface area contributed by atoms with Crippen molar-refractivity contribution in [3.63, 3.8) is 0 Å². The minimum absolute atomic E-state index is 0.0685. The standard InChI is InChI=1S/C68H128O6/c1-4-7-10-13-16-19-22-25-28-31-34-37-40-43-46-49-52-55-58-61-67(70)73-64-65(63-72-66(69)60-57-54-51-48-45-42-39-36-33-30-27-24-21-18-15-12-9-6-3)74-68(71)62-59-56-53-50-47-44-41-38-35-32-29-26-23-20-17-14-11-8-5-2/h25,28,30,33,65H,4-24,26-27,29,31-32,34-64H2,1-3H3/b28-25-,33-30-. The summed E-state index contributed by atoms with van der Waals surface area (Å²) in [6, 6.07) is 0. The summed E-state index contributed by atoms with van der Waals surface area (Å²) in [5.41, 5.74) is 0. The number of unbranched alkanes of at least 4 members (excludes halogenated alkanes) is 47. The topological polar surface area (TPSA) is 78.9 Å². The van der Waals surface area contributed by atoms with Crippen LogP contribution in [0.2, 0.25) is 0 Å². The number of carbonyl (C=O) groups excluding carboxylic acids is 3. The molecule has 0 heterocycles. The molecular weight excluding hydrogens is 913 g/mol. The van der Waals surface area contributed by atoms with E-state index in [-0.39, 0.29) is 31.1 Å². The lowest BCUT2D eigenvalue weighted by molar-refractivity contribution is -0.167. The van der Waals surface area contributed by atoms with E-state index in [1.807, 2.05) is 0 Å². The van der Waals surface area contributed by atoms with E-state index in [1.54, 1.807) is 0 Å². The van der Waals surface area contributed by atoms with Gasteiger partial charge in [-0.15, -0.1) is 0 Å². The van der Waals surface area contributed by atoms with Gasteiger partial charge < -0.3 is 14.2 Å². The van der Waals surface area contributed by atoms with Crippen LogP contribution in [0.5, 0.6) is 0 Å². The normalized spacial score (nSPS) is 12.1. The predicted molar refractivity (Wildman–Crippen MR) is 321 cm³/mol. The second-order valence-electron chi connectivity index (χ2n) is 22.7. The van der Waals surface area contributed by atoms with Gasteiger partial charge in [0.1, 0.15) is 13.2 Å². The molecule has 0 aliphatic rings. The number of allylic oxidation sites excluding steroid dienone is 4. The van der Waals surface area contributed by atoms with Crippen LogP contribution in [0.3, 0.4) is 0 Å². The van der Waals surface area contributed by atoms with Crippen LogP contribution in [-0.4, -0.2) is 37.2 Å². The molecule has 0 aromatic rings. The number of carbonyl (C=O) groups is 3. The lowest BCUT2D eigenvalue weighted by atomic mass is 10.0. The van der Waals surface area contributed by atoms with Gasteiger partial charge in [0.2, 0.25) is 0 Å². The molecule has 0 aliphatic heterocycles. The quantitative estimate of drug-likeness (QED) is 0.0261. The zero-order chi connectivity index (χ0) is 53.6. The molecule has 0 aliphatic carbocycles. The molecule has 0 radical (unpaired) electrons. The molecule has 0 aromatic heterocycles. The Morgan fingerprint density at radius 3 is 0.676 bits per heavy atom. The molecule has 1 atom stereocenters. The second kappa shape index (κ2) is 63.4. The fourth-order valence-electron chi connectivity index (χ4n) is 10.1. The van der Waals surface area contributed by atoms with Crippen LogP contribution in [0.4, 0.5) is 0 Å². The van der Waals surface area contributed by atoms with E-state index >= 15 is 0 Å². The van der Waals surface area contributed by atoms with Gasteiger partial charge in [0, 0.05) is 19.3 Å². The third-order valence-electron chi connectivity index (χ3n) is 15.2. The Morgan fingerprint density at radius 2 is 0.446 bits per heavy atom. The zero-order valence-electron chi connectivity index (χ0n) is 50.1. The van der Waals surface area contributed by atoms with Crippen molar-refractivity contribution in [1.29, 1.82) is 0 Å². The molecule has 0 N–H and O–H groups in total. The second-order valence-corrected chi connectivity index (χ2v) is 22.7. The average Bonchev–Trinajstić information content (AvgIpc) is 3.40. The smallest absolute Gasteiger partial charge is 0.306 e. The van der Waals surface area contributed by atoms with Crippen molar-refractivity contribution in [3.8, 4) is 0 Å². The van der Waals surface area contributed by atoms with Crippen LogP contribution >= 0.6 is 0 Å². The maximum atomic E-state index is 12.9. The van der Waals surface area contributed by atoms with Crippen LogP contribution in [-0.2, 0) is 28.6 Å². The first-order valence-electron chi connectivity index (χ1n) is 33.3. The Kier molecular flexibility index (Phi) is 61.6. The Morgan fingerprint density at radius 1 is 0.257 bits per heavy atom. The first-order chi connectivity index (χ1) is 36.5. The van der Waals surface area contributed by atoms with Crippen LogP contribution in [0.25, 0.3) is 0 Å². The van der Waals surface area contributed by atoms with E-state index in [0.717, 1.165) is 57.8 Å². The minimum Gasteiger partial charge on any atom is -0.462 e. The van der Waals surface area contributed by atoms with E-state index in [1.165, 1.54) is 276 Å². The first kappa shape index (κ1) is 71.9. The van der Waals surface area contributed by atoms with Gasteiger partial charge in [0.15, 0.2) is 6.10 Å². The first-order valence-corrected chi connectivity index (χ1v) is 33.3. The Balaban J connectivity index is 4.32. The third-order valence-corrected chi connectivity index (χ3v) is 15.2. The highest BCUT2D eigenvalue weighted by Crippen LogP contribution is 2.18. The molecule has 436 valence electrons. The van der Waals surface area contributed by atoms with E-state index in [0.29, 0.717) is 19.3 Å². The highest BCUT2D eigenvalue weighted by atomic mass is 16.6. The number of ether oxygens (including phenoxy) is 3. The summed E-state index contributed by atoms with van der Waals surface area (Å²) in [4.78, 5) is 38.4. The molecule has 0 fully saturated rings. The maximum Gasteiger partial charge on any atom is 0.306 e. The molecule has 0 bridgehead atoms. The van der Waals surface area contributed by atoms with Crippen molar-refractivity contribution in [2.75, 3.05) is 13.2 Å². The largest absolute Gasteiger partial charge is 0.462 e. The van der Waals surface area contributed by atoms with Gasteiger partial charge in [-0.05, 0) is 70.6 Å². The number of esters is 3. The lowest BCUT2D eigenvalue weighted by Crippen LogP contribution is -2.30. The molecule has 0 aromatic carbocycles. The average molecular weight is 1040 g/mol. The number of rotatable bonds is 62. The molecule has 0 saturated heterocycles. The molecule has 0 spiro atoms. The summed E-state index contributed by atoms with van der Waals surface area (Å²) in [5.74, 6) is -0.845. The zero-order valence-corrected chi connectivity index (χ0v) is 50.1. The van der Waals surface area contributed by atoms with Gasteiger partial charge in [-0.1, -0.05) is 308 Å². The van der Waals surface area contributed by atoms with Gasteiger partial charge in [0.25, 0.3) is 0 Å². The molecule has 6 nitrogen and oxygen atoms in total. The van der Waals surface area contributed by atoms with E-state index in [4.69, 9.17) is 14.2 Å². The van der Waals surface area contributed by atoms with E-state index in [2.05, 4.69) is 45.1 Å². The van der Waals surface area contributed by atoms with Gasteiger partial charge in [-0.2, -0.15) is 0 Å². The van der Waals surface area contributed by atoms with Crippen molar-refractivity contribution >= 4 is 17.9 Å². The maximum absolute atomic E-state index is 12.9. The highest BCUT2D eigenvalue weighted by Gasteiger charge is 2.19. The van der Waals surface area contributed by atoms with Crippen LogP contribution in [0, 0.1) is 0 Å². The van der Waals surface area contributed by atoms with Crippen molar-refractivity contribution in [2.24, 2.45) is 0 Å². The highest BCUT2D eigenvalue weighted by molar-refractivity contribution is 5.71. The molecule has 6 heteroatoms. The van der Waals surface area contributed by atoms with Gasteiger partial charge >= 0.3 is 17.9 Å². The van der Waals surface area contributed by atoms with E-state index < -0.39 is 6.10 Å². The molecular formula is C68H128O6. The molecule has 0 amide bonds. The van der Waals surface area contributed by atoms with Crippen LogP contribution < -0.4 is 0 Å². The lowest BCUT2D eigenvalue weighted by Gasteiger charge is -2.18. The monoisotopic (exact) mass is 1040 g/mol. The summed E-state index contributed by atoms with van der Waals surface area (Å²) in [6.07, 6.45) is 76.1. The van der Waals surface area contributed by atoms with Crippen LogP contribution in [0.1, 0.15) is 374 Å². The minimum atomic E-state index is -0.771. The summed E-state index contributed by atoms with van der Waals surface area (Å²) < 4.78 is 17.0. The van der Waals surface area contributed by atoms with Gasteiger partial charge in [0.05, 0.1) is 0 Å². The number of hydrogen-bond donors (Lipinski definition) is 0. The third kappa shape index (κ3) is 60.8. The molecule has 0 saturated carbocycles. The van der Waals surface area contributed by atoms with Gasteiger partial charge in [-0.25, -0.2) is 0 Å². The summed E-state index contributed by atoms with van der Waals surface area (Å²) in [5, 5.41) is 0. The Labute approximate surface area is 462 Å². The van der Waals surface area contributed by atoms with Crippen molar-refractivity contribution in [1.82, 2.24) is 0 Å². The van der Waals surface area contributed by atoms with Crippen LogP contribution in [0.15, 0.2) is 24.3 Å². The fourth-order valence-corrected chi connectivity index (χ4v) is 10.1. The summed E-state index contributed by atoms with van der Waals surface area (Å²) >= 11 is 0. The van der Waals surface area contributed by atoms with Crippen molar-refractivity contribution in [3.05, 3.63) is 24.3 Å². The Hall–Kier alpha value is -2.11. The molecule has 0 rings (SSSR count). The Bertz CT molecular complexity index is 1190. The van der Waals surface area contributed by atoms with Crippen molar-refractivity contribution in [2.45, 2.75) is 380 Å². The van der Waals surface area contributed by atoms with Crippen molar-refractivity contribution < 1.29 is 28.6 Å². The van der Waals surface area contributed by atoms with Gasteiger partial charge in [-0.3, -0.25) is 14.4 Å². The summed E-state index contributed by atoms with van der Waals surface area (Å²) in [6.45, 7) is 6.71. The molecule has 1 unspecified atom stereocenters.